The maximum Gasteiger partial charge on any atom is 0.319 e. The van der Waals surface area contributed by atoms with Crippen LogP contribution in [0.25, 0.3) is 0 Å². The Labute approximate surface area is 111 Å². The molecule has 1 aromatic carbocycles. The Balaban J connectivity index is 1.78. The molecule has 2 rings (SSSR count). The van der Waals surface area contributed by atoms with Gasteiger partial charge >= 0.3 is 6.03 Å². The van der Waals surface area contributed by atoms with Crippen molar-refractivity contribution in [3.8, 4) is 0 Å². The zero-order chi connectivity index (χ0) is 13.7. The van der Waals surface area contributed by atoms with Crippen LogP contribution in [0.4, 0.5) is 10.5 Å². The van der Waals surface area contributed by atoms with Crippen LogP contribution in [0.2, 0.25) is 0 Å². The van der Waals surface area contributed by atoms with Gasteiger partial charge in [0.1, 0.15) is 0 Å². The number of anilines is 1. The molecular formula is C13H18N4O2. The fourth-order valence-electron chi connectivity index (χ4n) is 2.00. The molecular weight excluding hydrogens is 244 g/mol. The summed E-state index contributed by atoms with van der Waals surface area (Å²) in [6.45, 7) is 0.874. The number of hydrogen-bond donors (Lipinski definition) is 4. The number of carbonyl (C=O) groups excluding carboxylic acids is 2. The number of urea groups is 1. The third-order valence-corrected chi connectivity index (χ3v) is 3.01. The molecule has 1 aromatic rings. The quantitative estimate of drug-likeness (QED) is 0.638. The molecule has 1 heterocycles. The highest BCUT2D eigenvalue weighted by atomic mass is 16.2. The van der Waals surface area contributed by atoms with E-state index in [1.807, 2.05) is 18.2 Å². The molecule has 5 N–H and O–H groups in total. The van der Waals surface area contributed by atoms with Crippen molar-refractivity contribution < 1.29 is 9.59 Å². The van der Waals surface area contributed by atoms with E-state index >= 15 is 0 Å². The highest BCUT2D eigenvalue weighted by Gasteiger charge is 2.20. The number of benzene rings is 1. The third-order valence-electron chi connectivity index (χ3n) is 3.01. The summed E-state index contributed by atoms with van der Waals surface area (Å²) in [6, 6.07) is 7.13. The average Bonchev–Trinajstić information content (AvgIpc) is 2.82. The van der Waals surface area contributed by atoms with Crippen LogP contribution >= 0.6 is 0 Å². The monoisotopic (exact) mass is 262 g/mol. The minimum absolute atomic E-state index is 0.0358. The van der Waals surface area contributed by atoms with Gasteiger partial charge in [-0.25, -0.2) is 4.79 Å². The van der Waals surface area contributed by atoms with Crippen LogP contribution in [0.15, 0.2) is 24.3 Å². The van der Waals surface area contributed by atoms with Crippen LogP contribution in [-0.4, -0.2) is 24.5 Å². The normalized spacial score (nSPS) is 17.9. The Bertz CT molecular complexity index is 475. The molecule has 3 amide bonds. The number of amides is 3. The SMILES string of the molecule is NCc1cccc(NC(=O)NCC2CCC(=O)N2)c1. The zero-order valence-electron chi connectivity index (χ0n) is 10.6. The van der Waals surface area contributed by atoms with Gasteiger partial charge in [0.05, 0.1) is 0 Å². The molecule has 1 aliphatic rings. The Morgan fingerprint density at radius 1 is 1.47 bits per heavy atom. The highest BCUT2D eigenvalue weighted by molar-refractivity contribution is 5.89. The van der Waals surface area contributed by atoms with Gasteiger partial charge in [0.2, 0.25) is 5.91 Å². The van der Waals surface area contributed by atoms with Crippen molar-refractivity contribution in [1.29, 1.82) is 0 Å². The van der Waals surface area contributed by atoms with Crippen molar-refractivity contribution in [3.63, 3.8) is 0 Å². The van der Waals surface area contributed by atoms with Crippen molar-refractivity contribution in [2.24, 2.45) is 5.73 Å². The standard InChI is InChI=1S/C13H18N4O2/c14-7-9-2-1-3-10(6-9)17-13(19)15-8-11-4-5-12(18)16-11/h1-3,6,11H,4-5,7-8,14H2,(H,16,18)(H2,15,17,19). The summed E-state index contributed by atoms with van der Waals surface area (Å²) in [6.07, 6.45) is 1.30. The highest BCUT2D eigenvalue weighted by Crippen LogP contribution is 2.10. The smallest absolute Gasteiger partial charge is 0.319 e. The van der Waals surface area contributed by atoms with E-state index in [1.54, 1.807) is 6.07 Å². The molecule has 0 saturated carbocycles. The molecule has 1 saturated heterocycles. The van der Waals surface area contributed by atoms with Gasteiger partial charge in [-0.15, -0.1) is 0 Å². The van der Waals surface area contributed by atoms with Crippen LogP contribution in [0.1, 0.15) is 18.4 Å². The fourth-order valence-corrected chi connectivity index (χ4v) is 2.00. The van der Waals surface area contributed by atoms with Crippen LogP contribution < -0.4 is 21.7 Å². The van der Waals surface area contributed by atoms with Crippen LogP contribution in [-0.2, 0) is 11.3 Å². The number of nitrogens with one attached hydrogen (secondary N) is 3. The molecule has 1 unspecified atom stereocenters. The molecule has 19 heavy (non-hydrogen) atoms. The Hall–Kier alpha value is -2.08. The minimum Gasteiger partial charge on any atom is -0.352 e. The number of rotatable bonds is 4. The number of nitrogens with two attached hydrogens (primary N) is 1. The van der Waals surface area contributed by atoms with E-state index in [9.17, 15) is 9.59 Å². The van der Waals surface area contributed by atoms with Gasteiger partial charge in [0.15, 0.2) is 0 Å². The van der Waals surface area contributed by atoms with E-state index in [0.29, 0.717) is 25.2 Å². The van der Waals surface area contributed by atoms with E-state index in [-0.39, 0.29) is 18.0 Å². The summed E-state index contributed by atoms with van der Waals surface area (Å²) < 4.78 is 0. The number of hydrogen-bond acceptors (Lipinski definition) is 3. The lowest BCUT2D eigenvalue weighted by Gasteiger charge is -2.12. The zero-order valence-corrected chi connectivity index (χ0v) is 10.6. The van der Waals surface area contributed by atoms with Gasteiger partial charge in [-0.05, 0) is 24.1 Å². The molecule has 0 spiro atoms. The summed E-state index contributed by atoms with van der Waals surface area (Å²) in [5.41, 5.74) is 7.20. The first kappa shape index (κ1) is 13.4. The van der Waals surface area contributed by atoms with Crippen molar-refractivity contribution in [2.45, 2.75) is 25.4 Å². The van der Waals surface area contributed by atoms with Gasteiger partial charge in [-0.3, -0.25) is 4.79 Å². The second-order valence-electron chi connectivity index (χ2n) is 4.54. The minimum atomic E-state index is -0.282. The molecule has 6 heteroatoms. The summed E-state index contributed by atoms with van der Waals surface area (Å²) in [5, 5.41) is 8.26. The average molecular weight is 262 g/mol. The van der Waals surface area contributed by atoms with Crippen molar-refractivity contribution >= 4 is 17.6 Å². The summed E-state index contributed by atoms with van der Waals surface area (Å²) >= 11 is 0. The van der Waals surface area contributed by atoms with E-state index in [2.05, 4.69) is 16.0 Å². The maximum atomic E-state index is 11.7. The van der Waals surface area contributed by atoms with Crippen LogP contribution in [0, 0.1) is 0 Å². The molecule has 0 aromatic heterocycles. The fraction of sp³-hybridized carbons (Fsp3) is 0.385. The molecule has 1 atom stereocenters. The predicted molar refractivity (Wildman–Crippen MR) is 72.5 cm³/mol. The van der Waals surface area contributed by atoms with Gasteiger partial charge in [0, 0.05) is 31.2 Å². The molecule has 102 valence electrons. The second kappa shape index (κ2) is 6.19. The first-order valence-corrected chi connectivity index (χ1v) is 6.30. The Kier molecular flexibility index (Phi) is 4.35. The van der Waals surface area contributed by atoms with Crippen LogP contribution in [0.5, 0.6) is 0 Å². The van der Waals surface area contributed by atoms with Gasteiger partial charge in [0.25, 0.3) is 0 Å². The molecule has 0 aliphatic carbocycles. The predicted octanol–water partition coefficient (Wildman–Crippen LogP) is 0.545. The van der Waals surface area contributed by atoms with Gasteiger partial charge in [-0.2, -0.15) is 0 Å². The van der Waals surface area contributed by atoms with Gasteiger partial charge < -0.3 is 21.7 Å². The first-order valence-electron chi connectivity index (χ1n) is 6.30. The Morgan fingerprint density at radius 2 is 2.32 bits per heavy atom. The lowest BCUT2D eigenvalue weighted by Crippen LogP contribution is -2.40. The molecule has 0 radical (unpaired) electrons. The lowest BCUT2D eigenvalue weighted by molar-refractivity contribution is -0.119. The van der Waals surface area contributed by atoms with E-state index < -0.39 is 0 Å². The molecule has 1 aliphatic heterocycles. The summed E-state index contributed by atoms with van der Waals surface area (Å²) in [4.78, 5) is 22.7. The largest absolute Gasteiger partial charge is 0.352 e. The van der Waals surface area contributed by atoms with E-state index in [4.69, 9.17) is 5.73 Å². The van der Waals surface area contributed by atoms with Gasteiger partial charge in [-0.1, -0.05) is 12.1 Å². The summed E-state index contributed by atoms with van der Waals surface area (Å²) in [7, 11) is 0. The maximum absolute atomic E-state index is 11.7. The first-order chi connectivity index (χ1) is 9.17. The van der Waals surface area contributed by atoms with E-state index in [1.165, 1.54) is 0 Å². The van der Waals surface area contributed by atoms with Crippen molar-refractivity contribution in [3.05, 3.63) is 29.8 Å². The molecule has 6 nitrogen and oxygen atoms in total. The number of carbonyl (C=O) groups is 2. The third kappa shape index (κ3) is 3.96. The molecule has 1 fully saturated rings. The Morgan fingerprint density at radius 3 is 3.00 bits per heavy atom. The van der Waals surface area contributed by atoms with Crippen molar-refractivity contribution in [2.75, 3.05) is 11.9 Å². The topological polar surface area (TPSA) is 96.2 Å². The van der Waals surface area contributed by atoms with E-state index in [0.717, 1.165) is 12.0 Å². The lowest BCUT2D eigenvalue weighted by atomic mass is 10.2. The van der Waals surface area contributed by atoms with Crippen molar-refractivity contribution in [1.82, 2.24) is 10.6 Å². The summed E-state index contributed by atoms with van der Waals surface area (Å²) in [5.74, 6) is 0.0443. The van der Waals surface area contributed by atoms with Crippen LogP contribution in [0.3, 0.4) is 0 Å². The molecule has 0 bridgehead atoms. The second-order valence-corrected chi connectivity index (χ2v) is 4.54.